The summed E-state index contributed by atoms with van der Waals surface area (Å²) < 4.78 is 11.1. The minimum Gasteiger partial charge on any atom is -0.497 e. The molecule has 1 N–H and O–H groups in total. The fraction of sp³-hybridized carbons (Fsp3) is 0.211. The Hall–Kier alpha value is -2.75. The summed E-state index contributed by atoms with van der Waals surface area (Å²) in [5, 5.41) is 9.62. The number of ether oxygens (including phenoxy) is 2. The first kappa shape index (κ1) is 15.2. The van der Waals surface area contributed by atoms with Crippen molar-refractivity contribution in [2.24, 2.45) is 0 Å². The fourth-order valence-corrected chi connectivity index (χ4v) is 3.03. The van der Waals surface area contributed by atoms with Crippen molar-refractivity contribution in [1.29, 1.82) is 0 Å². The van der Waals surface area contributed by atoms with E-state index in [2.05, 4.69) is 0 Å². The van der Waals surface area contributed by atoms with Gasteiger partial charge in [-0.25, -0.2) is 4.79 Å². The molecule has 2 aromatic rings. The second-order valence-corrected chi connectivity index (χ2v) is 5.47. The second-order valence-electron chi connectivity index (χ2n) is 5.47. The van der Waals surface area contributed by atoms with E-state index in [1.807, 2.05) is 54.6 Å². The number of carbonyl (C=O) groups is 1. The normalized spacial score (nSPS) is 20.3. The van der Waals surface area contributed by atoms with Crippen LogP contribution in [0.5, 0.6) is 5.75 Å². The van der Waals surface area contributed by atoms with Crippen LogP contribution in [-0.4, -0.2) is 18.2 Å². The summed E-state index contributed by atoms with van der Waals surface area (Å²) in [4.78, 5) is 11.7. The number of aliphatic carboxylic acids is 1. The number of allylic oxidation sites excluding steroid dienone is 1. The predicted octanol–water partition coefficient (Wildman–Crippen LogP) is 3.91. The first-order valence-electron chi connectivity index (χ1n) is 7.41. The van der Waals surface area contributed by atoms with E-state index < -0.39 is 5.97 Å². The maximum absolute atomic E-state index is 11.7. The van der Waals surface area contributed by atoms with Crippen molar-refractivity contribution in [3.8, 4) is 5.75 Å². The molecule has 1 heterocycles. The lowest BCUT2D eigenvalue weighted by Crippen LogP contribution is -2.14. The van der Waals surface area contributed by atoms with Gasteiger partial charge in [-0.05, 0) is 30.2 Å². The summed E-state index contributed by atoms with van der Waals surface area (Å²) >= 11 is 0. The largest absolute Gasteiger partial charge is 0.497 e. The molecule has 0 radical (unpaired) electrons. The van der Waals surface area contributed by atoms with Gasteiger partial charge in [-0.3, -0.25) is 0 Å². The average Bonchev–Trinajstić information content (AvgIpc) is 2.93. The van der Waals surface area contributed by atoms with Crippen LogP contribution >= 0.6 is 0 Å². The highest BCUT2D eigenvalue weighted by molar-refractivity contribution is 5.90. The van der Waals surface area contributed by atoms with Crippen LogP contribution in [0.3, 0.4) is 0 Å². The van der Waals surface area contributed by atoms with Crippen molar-refractivity contribution in [3.63, 3.8) is 0 Å². The Labute approximate surface area is 135 Å². The fourth-order valence-electron chi connectivity index (χ4n) is 3.03. The standard InChI is InChI=1S/C19H18O4/c1-12-16(19(20)21)17(13-8-10-15(22-2)11-9-13)18(23-12)14-6-4-3-5-7-14/h3-11,17-18H,1-2H3,(H,20,21)/t17-,18+/m1/s1. The Morgan fingerprint density at radius 1 is 1.04 bits per heavy atom. The minimum atomic E-state index is -0.943. The molecule has 0 fully saturated rings. The molecule has 0 saturated carbocycles. The number of benzene rings is 2. The highest BCUT2D eigenvalue weighted by atomic mass is 16.5. The summed E-state index contributed by atoms with van der Waals surface area (Å²) in [6, 6.07) is 17.2. The maximum Gasteiger partial charge on any atom is 0.335 e. The molecule has 0 aliphatic carbocycles. The third kappa shape index (κ3) is 2.80. The molecule has 1 aliphatic heterocycles. The van der Waals surface area contributed by atoms with Gasteiger partial charge in [0.05, 0.1) is 18.6 Å². The molecule has 118 valence electrons. The van der Waals surface area contributed by atoms with Gasteiger partial charge in [0.1, 0.15) is 17.6 Å². The van der Waals surface area contributed by atoms with Crippen LogP contribution in [0, 0.1) is 0 Å². The summed E-state index contributed by atoms with van der Waals surface area (Å²) in [5.74, 6) is -0.0868. The summed E-state index contributed by atoms with van der Waals surface area (Å²) in [7, 11) is 1.60. The van der Waals surface area contributed by atoms with E-state index in [1.54, 1.807) is 14.0 Å². The van der Waals surface area contributed by atoms with E-state index in [4.69, 9.17) is 9.47 Å². The molecule has 0 amide bonds. The second kappa shape index (κ2) is 6.16. The Balaban J connectivity index is 2.06. The van der Waals surface area contributed by atoms with Gasteiger partial charge in [-0.15, -0.1) is 0 Å². The molecule has 1 aliphatic rings. The quantitative estimate of drug-likeness (QED) is 0.930. The van der Waals surface area contributed by atoms with Crippen LogP contribution in [0.2, 0.25) is 0 Å². The van der Waals surface area contributed by atoms with Crippen molar-refractivity contribution in [3.05, 3.63) is 77.1 Å². The van der Waals surface area contributed by atoms with Crippen LogP contribution in [-0.2, 0) is 9.53 Å². The molecule has 2 atom stereocenters. The Bertz CT molecular complexity index is 732. The number of carboxylic acids is 1. The Morgan fingerprint density at radius 2 is 1.70 bits per heavy atom. The van der Waals surface area contributed by atoms with Gasteiger partial charge in [-0.2, -0.15) is 0 Å². The zero-order valence-electron chi connectivity index (χ0n) is 13.0. The van der Waals surface area contributed by atoms with E-state index in [0.29, 0.717) is 11.3 Å². The zero-order valence-corrected chi connectivity index (χ0v) is 13.0. The van der Waals surface area contributed by atoms with E-state index in [1.165, 1.54) is 0 Å². The van der Waals surface area contributed by atoms with Crippen molar-refractivity contribution in [2.45, 2.75) is 18.9 Å². The lowest BCUT2D eigenvalue weighted by molar-refractivity contribution is -0.133. The first-order chi connectivity index (χ1) is 11.1. The molecular formula is C19H18O4. The molecule has 0 bridgehead atoms. The van der Waals surface area contributed by atoms with Crippen LogP contribution in [0.4, 0.5) is 0 Å². The van der Waals surface area contributed by atoms with E-state index >= 15 is 0 Å². The summed E-state index contributed by atoms with van der Waals surface area (Å²) in [6.07, 6.45) is -0.337. The molecule has 0 aromatic heterocycles. The summed E-state index contributed by atoms with van der Waals surface area (Å²) in [5.41, 5.74) is 2.17. The molecular weight excluding hydrogens is 292 g/mol. The molecule has 2 aromatic carbocycles. The van der Waals surface area contributed by atoms with Gasteiger partial charge in [-0.1, -0.05) is 42.5 Å². The highest BCUT2D eigenvalue weighted by Gasteiger charge is 2.40. The lowest BCUT2D eigenvalue weighted by atomic mass is 9.84. The van der Waals surface area contributed by atoms with E-state index in [-0.39, 0.29) is 12.0 Å². The number of carboxylic acid groups (broad SMARTS) is 1. The van der Waals surface area contributed by atoms with Gasteiger partial charge >= 0.3 is 5.97 Å². The number of hydrogen-bond acceptors (Lipinski definition) is 3. The van der Waals surface area contributed by atoms with Crippen molar-refractivity contribution >= 4 is 5.97 Å². The van der Waals surface area contributed by atoms with Crippen molar-refractivity contribution in [1.82, 2.24) is 0 Å². The number of rotatable bonds is 4. The molecule has 23 heavy (non-hydrogen) atoms. The van der Waals surface area contributed by atoms with Gasteiger partial charge < -0.3 is 14.6 Å². The molecule has 0 unspecified atom stereocenters. The van der Waals surface area contributed by atoms with E-state index in [9.17, 15) is 9.90 Å². The molecule has 0 saturated heterocycles. The van der Waals surface area contributed by atoms with Gasteiger partial charge in [0, 0.05) is 0 Å². The monoisotopic (exact) mass is 310 g/mol. The third-order valence-corrected chi connectivity index (χ3v) is 4.13. The number of hydrogen-bond donors (Lipinski definition) is 1. The molecule has 4 nitrogen and oxygen atoms in total. The third-order valence-electron chi connectivity index (χ3n) is 4.13. The highest BCUT2D eigenvalue weighted by Crippen LogP contribution is 2.47. The molecule has 4 heteroatoms. The Kier molecular flexibility index (Phi) is 4.06. The lowest BCUT2D eigenvalue weighted by Gasteiger charge is -2.21. The van der Waals surface area contributed by atoms with E-state index in [0.717, 1.165) is 16.9 Å². The smallest absolute Gasteiger partial charge is 0.335 e. The Morgan fingerprint density at radius 3 is 2.26 bits per heavy atom. The van der Waals surface area contributed by atoms with Crippen LogP contribution in [0.25, 0.3) is 0 Å². The van der Waals surface area contributed by atoms with Gasteiger partial charge in [0.2, 0.25) is 0 Å². The predicted molar refractivity (Wildman–Crippen MR) is 86.3 cm³/mol. The van der Waals surface area contributed by atoms with Crippen molar-refractivity contribution < 1.29 is 19.4 Å². The zero-order chi connectivity index (χ0) is 16.4. The summed E-state index contributed by atoms with van der Waals surface area (Å²) in [6.45, 7) is 1.71. The molecule has 0 spiro atoms. The minimum absolute atomic E-state index is 0.309. The van der Waals surface area contributed by atoms with Crippen LogP contribution in [0.15, 0.2) is 65.9 Å². The van der Waals surface area contributed by atoms with Crippen LogP contribution < -0.4 is 4.74 Å². The maximum atomic E-state index is 11.7. The van der Waals surface area contributed by atoms with Gasteiger partial charge in [0.15, 0.2) is 0 Å². The topological polar surface area (TPSA) is 55.8 Å². The SMILES string of the molecule is COc1ccc([C@@H]2C(C(=O)O)=C(C)O[C@H]2c2ccccc2)cc1. The van der Waals surface area contributed by atoms with Gasteiger partial charge in [0.25, 0.3) is 0 Å². The van der Waals surface area contributed by atoms with Crippen molar-refractivity contribution in [2.75, 3.05) is 7.11 Å². The molecule has 3 rings (SSSR count). The first-order valence-corrected chi connectivity index (χ1v) is 7.41. The van der Waals surface area contributed by atoms with Crippen LogP contribution in [0.1, 0.15) is 30.1 Å². The number of methoxy groups -OCH3 is 1. The average molecular weight is 310 g/mol.